The highest BCUT2D eigenvalue weighted by molar-refractivity contribution is 6.32. The van der Waals surface area contributed by atoms with Crippen LogP contribution in [0.2, 0.25) is 5.02 Å². The van der Waals surface area contributed by atoms with E-state index in [0.29, 0.717) is 18.0 Å². The highest BCUT2D eigenvalue weighted by atomic mass is 35.5. The van der Waals surface area contributed by atoms with Gasteiger partial charge < -0.3 is 19.5 Å². The van der Waals surface area contributed by atoms with Crippen molar-refractivity contribution in [3.05, 3.63) is 58.6 Å². The number of methoxy groups -OCH3 is 2. The summed E-state index contributed by atoms with van der Waals surface area (Å²) >= 11 is 6.05. The molecule has 2 aromatic carbocycles. The zero-order valence-electron chi connectivity index (χ0n) is 13.9. The van der Waals surface area contributed by atoms with Crippen molar-refractivity contribution in [1.29, 1.82) is 0 Å². The number of amides is 1. The summed E-state index contributed by atoms with van der Waals surface area (Å²) < 4.78 is 15.2. The Morgan fingerprint density at radius 1 is 1.08 bits per heavy atom. The van der Waals surface area contributed by atoms with Crippen LogP contribution in [-0.2, 0) is 16.1 Å². The van der Waals surface area contributed by atoms with Gasteiger partial charge in [-0.05, 0) is 17.7 Å². The molecule has 6 nitrogen and oxygen atoms in total. The Kier molecular flexibility index (Phi) is 6.65. The van der Waals surface area contributed by atoms with Crippen molar-refractivity contribution in [2.45, 2.75) is 6.54 Å². The van der Waals surface area contributed by atoms with Crippen LogP contribution in [0, 0.1) is 0 Å². The van der Waals surface area contributed by atoms with E-state index in [2.05, 4.69) is 5.32 Å². The normalized spacial score (nSPS) is 10.0. The summed E-state index contributed by atoms with van der Waals surface area (Å²) in [5.74, 6) is -0.460. The van der Waals surface area contributed by atoms with E-state index in [-0.39, 0.29) is 10.6 Å². The third-order valence-electron chi connectivity index (χ3n) is 3.34. The monoisotopic (exact) mass is 363 g/mol. The maximum Gasteiger partial charge on any atom is 0.338 e. The molecule has 0 aliphatic carbocycles. The number of carbonyl (C=O) groups is 2. The number of halogens is 1. The van der Waals surface area contributed by atoms with Crippen molar-refractivity contribution in [1.82, 2.24) is 5.32 Å². The average Bonchev–Trinajstić information content (AvgIpc) is 2.64. The summed E-state index contributed by atoms with van der Waals surface area (Å²) in [5, 5.41) is 2.88. The molecule has 0 spiro atoms. The molecule has 1 amide bonds. The van der Waals surface area contributed by atoms with Crippen LogP contribution in [0.25, 0.3) is 0 Å². The number of nitrogens with one attached hydrogen (secondary N) is 1. The zero-order valence-corrected chi connectivity index (χ0v) is 14.6. The first-order chi connectivity index (χ1) is 12.0. The molecule has 0 aliphatic heterocycles. The van der Waals surface area contributed by atoms with Gasteiger partial charge in [0.15, 0.2) is 18.1 Å². The maximum atomic E-state index is 12.1. The summed E-state index contributed by atoms with van der Waals surface area (Å²) in [5.41, 5.74) is 1.12. The van der Waals surface area contributed by atoms with Gasteiger partial charge in [-0.3, -0.25) is 4.79 Å². The summed E-state index contributed by atoms with van der Waals surface area (Å²) in [7, 11) is 2.87. The first-order valence-electron chi connectivity index (χ1n) is 7.44. The van der Waals surface area contributed by atoms with Crippen LogP contribution in [0.5, 0.6) is 11.5 Å². The zero-order chi connectivity index (χ0) is 18.2. The molecule has 2 rings (SSSR count). The van der Waals surface area contributed by atoms with E-state index in [1.54, 1.807) is 0 Å². The number of rotatable bonds is 7. The molecule has 0 atom stereocenters. The van der Waals surface area contributed by atoms with Gasteiger partial charge in [0.25, 0.3) is 5.91 Å². The summed E-state index contributed by atoms with van der Waals surface area (Å²) in [6.07, 6.45) is 0. The molecule has 0 aliphatic rings. The topological polar surface area (TPSA) is 73.9 Å². The van der Waals surface area contributed by atoms with Crippen LogP contribution < -0.4 is 14.8 Å². The van der Waals surface area contributed by atoms with E-state index in [1.165, 1.54) is 26.4 Å². The van der Waals surface area contributed by atoms with Gasteiger partial charge in [0.1, 0.15) is 0 Å². The minimum atomic E-state index is -0.683. The highest BCUT2D eigenvalue weighted by Crippen LogP contribution is 2.36. The first kappa shape index (κ1) is 18.6. The molecule has 1 N–H and O–H groups in total. The molecule has 2 aromatic rings. The Morgan fingerprint density at radius 3 is 2.44 bits per heavy atom. The SMILES string of the molecule is COc1cc(C(=O)OCC(=O)NCc2ccccc2)cc(Cl)c1OC. The fourth-order valence-corrected chi connectivity index (χ4v) is 2.39. The molecule has 132 valence electrons. The third kappa shape index (κ3) is 5.12. The lowest BCUT2D eigenvalue weighted by Gasteiger charge is -2.11. The Morgan fingerprint density at radius 2 is 1.80 bits per heavy atom. The van der Waals surface area contributed by atoms with Gasteiger partial charge in [-0.15, -0.1) is 0 Å². The lowest BCUT2D eigenvalue weighted by atomic mass is 10.2. The predicted molar refractivity (Wildman–Crippen MR) is 93.1 cm³/mol. The summed E-state index contributed by atoms with van der Waals surface area (Å²) in [6, 6.07) is 12.3. The Hall–Kier alpha value is -2.73. The van der Waals surface area contributed by atoms with Gasteiger partial charge in [0.2, 0.25) is 0 Å². The van der Waals surface area contributed by atoms with Gasteiger partial charge in [0, 0.05) is 6.54 Å². The van der Waals surface area contributed by atoms with Crippen molar-refractivity contribution < 1.29 is 23.8 Å². The van der Waals surface area contributed by atoms with Crippen molar-refractivity contribution >= 4 is 23.5 Å². The van der Waals surface area contributed by atoms with E-state index in [1.807, 2.05) is 30.3 Å². The minimum absolute atomic E-state index is 0.165. The molecule has 0 bridgehead atoms. The van der Waals surface area contributed by atoms with E-state index in [0.717, 1.165) is 5.56 Å². The van der Waals surface area contributed by atoms with E-state index < -0.39 is 18.5 Å². The fourth-order valence-electron chi connectivity index (χ4n) is 2.10. The molecule has 0 heterocycles. The average molecular weight is 364 g/mol. The second-order valence-corrected chi connectivity index (χ2v) is 5.44. The first-order valence-corrected chi connectivity index (χ1v) is 7.82. The van der Waals surface area contributed by atoms with E-state index >= 15 is 0 Å². The predicted octanol–water partition coefficient (Wildman–Crippen LogP) is 2.83. The Bertz CT molecular complexity index is 749. The number of ether oxygens (including phenoxy) is 3. The highest BCUT2D eigenvalue weighted by Gasteiger charge is 2.17. The molecule has 25 heavy (non-hydrogen) atoms. The second-order valence-electron chi connectivity index (χ2n) is 5.03. The summed E-state index contributed by atoms with van der Waals surface area (Å²) in [4.78, 5) is 23.9. The molecule has 0 aromatic heterocycles. The molecule has 7 heteroatoms. The molecule has 0 saturated carbocycles. The van der Waals surface area contributed by atoms with Crippen LogP contribution in [0.15, 0.2) is 42.5 Å². The lowest BCUT2D eigenvalue weighted by molar-refractivity contribution is -0.124. The van der Waals surface area contributed by atoms with Gasteiger partial charge in [0.05, 0.1) is 24.8 Å². The molecule has 0 fully saturated rings. The Balaban J connectivity index is 1.91. The van der Waals surface area contributed by atoms with Crippen LogP contribution in [-0.4, -0.2) is 32.7 Å². The molecule has 0 radical (unpaired) electrons. The lowest BCUT2D eigenvalue weighted by Crippen LogP contribution is -2.28. The van der Waals surface area contributed by atoms with Gasteiger partial charge >= 0.3 is 5.97 Å². The Labute approximate surface area is 150 Å². The van der Waals surface area contributed by atoms with Crippen LogP contribution in [0.1, 0.15) is 15.9 Å². The quantitative estimate of drug-likeness (QED) is 0.766. The van der Waals surface area contributed by atoms with Crippen molar-refractivity contribution in [3.63, 3.8) is 0 Å². The largest absolute Gasteiger partial charge is 0.493 e. The van der Waals surface area contributed by atoms with Gasteiger partial charge in [-0.2, -0.15) is 0 Å². The molecule has 0 saturated heterocycles. The van der Waals surface area contributed by atoms with Gasteiger partial charge in [-0.25, -0.2) is 4.79 Å². The number of carbonyl (C=O) groups excluding carboxylic acids is 2. The fraction of sp³-hybridized carbons (Fsp3) is 0.222. The summed E-state index contributed by atoms with van der Waals surface area (Å²) in [6.45, 7) is -0.0307. The van der Waals surface area contributed by atoms with E-state index in [9.17, 15) is 9.59 Å². The smallest absolute Gasteiger partial charge is 0.338 e. The standard InChI is InChI=1S/C18H18ClNO5/c1-23-15-9-13(8-14(19)17(15)24-2)18(22)25-11-16(21)20-10-12-6-4-3-5-7-12/h3-9H,10-11H2,1-2H3,(H,20,21). The van der Waals surface area contributed by atoms with E-state index in [4.69, 9.17) is 25.8 Å². The van der Waals surface area contributed by atoms with Crippen molar-refractivity contribution in [2.24, 2.45) is 0 Å². The van der Waals surface area contributed by atoms with Crippen molar-refractivity contribution in [3.8, 4) is 11.5 Å². The van der Waals surface area contributed by atoms with Crippen LogP contribution in [0.3, 0.4) is 0 Å². The molecule has 0 unspecified atom stereocenters. The number of benzene rings is 2. The van der Waals surface area contributed by atoms with Crippen LogP contribution >= 0.6 is 11.6 Å². The van der Waals surface area contributed by atoms with Crippen LogP contribution in [0.4, 0.5) is 0 Å². The second kappa shape index (κ2) is 8.94. The number of hydrogen-bond acceptors (Lipinski definition) is 5. The van der Waals surface area contributed by atoms with Crippen molar-refractivity contribution in [2.75, 3.05) is 20.8 Å². The minimum Gasteiger partial charge on any atom is -0.493 e. The third-order valence-corrected chi connectivity index (χ3v) is 3.62. The van der Waals surface area contributed by atoms with Gasteiger partial charge in [-0.1, -0.05) is 41.9 Å². The molecular weight excluding hydrogens is 346 g/mol. The number of esters is 1. The maximum absolute atomic E-state index is 12.1. The molecular formula is C18H18ClNO5. The number of hydrogen-bond donors (Lipinski definition) is 1.